The maximum atomic E-state index is 12.8. The highest BCUT2D eigenvalue weighted by molar-refractivity contribution is 5.70. The molecule has 1 unspecified atom stereocenters. The van der Waals surface area contributed by atoms with Crippen molar-refractivity contribution < 1.29 is 23.8 Å². The van der Waals surface area contributed by atoms with Gasteiger partial charge in [-0.15, -0.1) is 0 Å². The van der Waals surface area contributed by atoms with Crippen LogP contribution in [0.1, 0.15) is 226 Å². The number of rotatable bonds is 46. The fourth-order valence-electron chi connectivity index (χ4n) is 6.75. The molecule has 1 atom stereocenters. The van der Waals surface area contributed by atoms with Gasteiger partial charge in [0.1, 0.15) is 6.61 Å². The number of carbonyl (C=O) groups excluding carboxylic acids is 2. The first-order valence-corrected chi connectivity index (χ1v) is 25.8. The van der Waals surface area contributed by atoms with Crippen LogP contribution < -0.4 is 0 Å². The molecule has 5 heteroatoms. The van der Waals surface area contributed by atoms with E-state index in [0.29, 0.717) is 19.4 Å². The second-order valence-corrected chi connectivity index (χ2v) is 16.7. The van der Waals surface area contributed by atoms with E-state index in [1.807, 2.05) is 0 Å². The smallest absolute Gasteiger partial charge is 0.306 e. The molecule has 0 saturated carbocycles. The van der Waals surface area contributed by atoms with Crippen molar-refractivity contribution in [3.63, 3.8) is 0 Å². The van der Waals surface area contributed by atoms with Crippen molar-refractivity contribution in [3.8, 4) is 0 Å². The molecule has 0 spiro atoms. The molecule has 354 valence electrons. The van der Waals surface area contributed by atoms with Crippen LogP contribution in [-0.4, -0.2) is 37.9 Å². The van der Waals surface area contributed by atoms with E-state index in [2.05, 4.69) is 118 Å². The molecule has 0 aliphatic rings. The monoisotopic (exact) mass is 861 g/mol. The minimum Gasteiger partial charge on any atom is -0.462 e. The molecule has 0 aromatic rings. The molecule has 0 radical (unpaired) electrons. The molecule has 0 bridgehead atoms. The lowest BCUT2D eigenvalue weighted by Crippen LogP contribution is -2.30. The summed E-state index contributed by atoms with van der Waals surface area (Å²) in [6.45, 7) is 7.55. The van der Waals surface area contributed by atoms with Gasteiger partial charge in [-0.25, -0.2) is 0 Å². The van der Waals surface area contributed by atoms with E-state index in [0.717, 1.165) is 96.3 Å². The average molecular weight is 861 g/mol. The number of unbranched alkanes of at least 4 members (excludes halogenated alkanes) is 19. The van der Waals surface area contributed by atoms with E-state index in [4.69, 9.17) is 14.2 Å². The van der Waals surface area contributed by atoms with Crippen LogP contribution in [0, 0.1) is 0 Å². The summed E-state index contributed by atoms with van der Waals surface area (Å²) in [5.74, 6) is -0.483. The van der Waals surface area contributed by atoms with E-state index in [1.54, 1.807) is 0 Å². The van der Waals surface area contributed by atoms with Crippen molar-refractivity contribution in [1.29, 1.82) is 0 Å². The third kappa shape index (κ3) is 49.5. The summed E-state index contributed by atoms with van der Waals surface area (Å²) in [6.07, 6.45) is 69.9. The molecule has 0 heterocycles. The molecule has 0 fully saturated rings. The molecule has 62 heavy (non-hydrogen) atoms. The van der Waals surface area contributed by atoms with Crippen LogP contribution in [0.15, 0.2) is 97.2 Å². The van der Waals surface area contributed by atoms with Crippen molar-refractivity contribution >= 4 is 11.9 Å². The maximum absolute atomic E-state index is 12.8. The molecule has 5 nitrogen and oxygen atoms in total. The van der Waals surface area contributed by atoms with Crippen LogP contribution in [0.5, 0.6) is 0 Å². The Kier molecular flexibility index (Phi) is 49.5. The number of carbonyl (C=O) groups is 2. The van der Waals surface area contributed by atoms with E-state index in [-0.39, 0.29) is 25.2 Å². The molecule has 0 aromatic heterocycles. The summed E-state index contributed by atoms with van der Waals surface area (Å²) in [5.41, 5.74) is 0. The Hall–Kier alpha value is -3.18. The number of allylic oxidation sites excluding steroid dienone is 16. The quantitative estimate of drug-likeness (QED) is 0.0347. The Bertz CT molecular complexity index is 1200. The summed E-state index contributed by atoms with van der Waals surface area (Å²) < 4.78 is 17.3. The van der Waals surface area contributed by atoms with Gasteiger partial charge in [-0.2, -0.15) is 0 Å². The zero-order valence-electron chi connectivity index (χ0n) is 40.6. The van der Waals surface area contributed by atoms with Crippen LogP contribution in [0.25, 0.3) is 0 Å². The standard InChI is InChI=1S/C57H96O5/c1-4-7-10-13-16-19-22-25-28-29-31-32-35-38-41-44-47-50-56(58)61-54-55(53-60-52-49-46-43-40-37-34-27-24-21-18-15-12-9-6-3)62-57(59)51-48-45-42-39-36-33-30-26-23-20-17-14-11-8-5-2/h7,10,12,15-16,19,21,24-26,28,30-32,38,41,55H,4-6,8-9,11,13-14,17-18,20,22-23,27,29,33-37,39-40,42-54H2,1-3H3/b10-7-,15-12-,19-16-,24-21-,28-25-,30-26-,32-31-,41-38-. The van der Waals surface area contributed by atoms with Gasteiger partial charge in [0, 0.05) is 19.4 Å². The minimum absolute atomic E-state index is 0.0437. The van der Waals surface area contributed by atoms with E-state index < -0.39 is 6.10 Å². The Morgan fingerprint density at radius 3 is 1.29 bits per heavy atom. The van der Waals surface area contributed by atoms with Crippen LogP contribution in [0.4, 0.5) is 0 Å². The Balaban J connectivity index is 4.40. The van der Waals surface area contributed by atoms with Crippen molar-refractivity contribution in [2.45, 2.75) is 232 Å². The average Bonchev–Trinajstić information content (AvgIpc) is 3.27. The third-order valence-electron chi connectivity index (χ3n) is 10.6. The lowest BCUT2D eigenvalue weighted by atomic mass is 10.1. The van der Waals surface area contributed by atoms with Crippen LogP contribution in [0.2, 0.25) is 0 Å². The molecular formula is C57H96O5. The van der Waals surface area contributed by atoms with Crippen molar-refractivity contribution in [2.24, 2.45) is 0 Å². The van der Waals surface area contributed by atoms with Gasteiger partial charge < -0.3 is 14.2 Å². The highest BCUT2D eigenvalue weighted by Crippen LogP contribution is 2.13. The predicted octanol–water partition coefficient (Wildman–Crippen LogP) is 17.5. The van der Waals surface area contributed by atoms with Gasteiger partial charge in [0.2, 0.25) is 0 Å². The predicted molar refractivity (Wildman–Crippen MR) is 270 cm³/mol. The summed E-state index contributed by atoms with van der Waals surface area (Å²) in [7, 11) is 0. The normalized spacial score (nSPS) is 13.0. The summed E-state index contributed by atoms with van der Waals surface area (Å²) in [5, 5.41) is 0. The topological polar surface area (TPSA) is 61.8 Å². The SMILES string of the molecule is CC/C=C\C/C=C\C/C=C\C/C=C\C/C=C\CCCC(=O)OCC(COCCCCCCCC/C=C\C/C=C\CCC)OC(=O)CCCCCCC/C=C\CCCCCCCC. The molecule has 0 aromatic carbocycles. The first-order valence-electron chi connectivity index (χ1n) is 25.8. The lowest BCUT2D eigenvalue weighted by Gasteiger charge is -2.18. The van der Waals surface area contributed by atoms with Gasteiger partial charge >= 0.3 is 11.9 Å². The number of hydrogen-bond donors (Lipinski definition) is 0. The summed E-state index contributed by atoms with van der Waals surface area (Å²) in [4.78, 5) is 25.4. The molecule has 0 aliphatic carbocycles. The van der Waals surface area contributed by atoms with Gasteiger partial charge in [0.05, 0.1) is 6.61 Å². The second kappa shape index (κ2) is 52.2. The van der Waals surface area contributed by atoms with Gasteiger partial charge in [-0.05, 0) is 109 Å². The van der Waals surface area contributed by atoms with Gasteiger partial charge in [0.15, 0.2) is 6.10 Å². The van der Waals surface area contributed by atoms with Gasteiger partial charge in [-0.1, -0.05) is 201 Å². The number of esters is 2. The number of ether oxygens (including phenoxy) is 3. The molecule has 0 N–H and O–H groups in total. The zero-order chi connectivity index (χ0) is 44.9. The van der Waals surface area contributed by atoms with E-state index in [1.165, 1.54) is 96.3 Å². The minimum atomic E-state index is -0.573. The molecule has 0 rings (SSSR count). The molecule has 0 amide bonds. The van der Waals surface area contributed by atoms with Crippen LogP contribution in [0.3, 0.4) is 0 Å². The highest BCUT2D eigenvalue weighted by Gasteiger charge is 2.17. The fourth-order valence-corrected chi connectivity index (χ4v) is 6.75. The molecule has 0 aliphatic heterocycles. The van der Waals surface area contributed by atoms with Gasteiger partial charge in [0.25, 0.3) is 0 Å². The summed E-state index contributed by atoms with van der Waals surface area (Å²) >= 11 is 0. The number of hydrogen-bond acceptors (Lipinski definition) is 5. The van der Waals surface area contributed by atoms with Crippen LogP contribution >= 0.6 is 0 Å². The first-order chi connectivity index (χ1) is 30.6. The van der Waals surface area contributed by atoms with E-state index in [9.17, 15) is 9.59 Å². The van der Waals surface area contributed by atoms with Crippen LogP contribution in [-0.2, 0) is 23.8 Å². The first kappa shape index (κ1) is 58.8. The Morgan fingerprint density at radius 2 is 0.774 bits per heavy atom. The second-order valence-electron chi connectivity index (χ2n) is 16.7. The van der Waals surface area contributed by atoms with Crippen molar-refractivity contribution in [3.05, 3.63) is 97.2 Å². The summed E-state index contributed by atoms with van der Waals surface area (Å²) in [6, 6.07) is 0. The fraction of sp³-hybridized carbons (Fsp3) is 0.684. The van der Waals surface area contributed by atoms with Crippen molar-refractivity contribution in [2.75, 3.05) is 19.8 Å². The highest BCUT2D eigenvalue weighted by atomic mass is 16.6. The zero-order valence-corrected chi connectivity index (χ0v) is 40.6. The molecule has 0 saturated heterocycles. The third-order valence-corrected chi connectivity index (χ3v) is 10.6. The lowest BCUT2D eigenvalue weighted by molar-refractivity contribution is -0.163. The van der Waals surface area contributed by atoms with E-state index >= 15 is 0 Å². The molecular weight excluding hydrogens is 765 g/mol. The Labute approximate surface area is 383 Å². The maximum Gasteiger partial charge on any atom is 0.306 e. The Morgan fingerprint density at radius 1 is 0.371 bits per heavy atom. The largest absolute Gasteiger partial charge is 0.462 e. The van der Waals surface area contributed by atoms with Gasteiger partial charge in [-0.3, -0.25) is 9.59 Å². The van der Waals surface area contributed by atoms with Crippen molar-refractivity contribution in [1.82, 2.24) is 0 Å².